The molecule has 0 aromatic heterocycles. The maximum absolute atomic E-state index is 10.7. The van der Waals surface area contributed by atoms with Gasteiger partial charge in [0.25, 0.3) is 0 Å². The van der Waals surface area contributed by atoms with E-state index in [-0.39, 0.29) is 17.2 Å². The van der Waals surface area contributed by atoms with Gasteiger partial charge in [0.05, 0.1) is 0 Å². The number of thioether (sulfide) groups is 1. The van der Waals surface area contributed by atoms with Crippen molar-refractivity contribution in [3.05, 3.63) is 0 Å². The minimum atomic E-state index is -0.292. The van der Waals surface area contributed by atoms with E-state index < -0.39 is 0 Å². The molecule has 1 saturated heterocycles. The van der Waals surface area contributed by atoms with Crippen LogP contribution in [-0.4, -0.2) is 29.5 Å². The number of amides is 1. The number of hydrogen-bond acceptors (Lipinski definition) is 2. The molecule has 2 unspecified atom stereocenters. The fourth-order valence-corrected chi connectivity index (χ4v) is 1.98. The Balaban J connectivity index is 2.47. The summed E-state index contributed by atoms with van der Waals surface area (Å²) in [5, 5.41) is 4.38. The van der Waals surface area contributed by atoms with E-state index in [1.54, 1.807) is 11.8 Å². The van der Waals surface area contributed by atoms with Gasteiger partial charge in [0.1, 0.15) is 6.04 Å². The van der Waals surface area contributed by atoms with E-state index in [1.807, 2.05) is 6.92 Å². The van der Waals surface area contributed by atoms with Gasteiger partial charge in [-0.3, -0.25) is 4.79 Å². The Bertz CT molecular complexity index is 140. The summed E-state index contributed by atoms with van der Waals surface area (Å²) in [6, 6.07) is -0.251. The molecular formula is C6H11N2OS. The zero-order valence-corrected chi connectivity index (χ0v) is 6.73. The van der Waals surface area contributed by atoms with Gasteiger partial charge in [-0.1, -0.05) is 6.92 Å². The summed E-state index contributed by atoms with van der Waals surface area (Å²) in [5.74, 6) is 0.727. The maximum atomic E-state index is 10.7. The van der Waals surface area contributed by atoms with Gasteiger partial charge >= 0.3 is 0 Å². The molecule has 1 aliphatic rings. The predicted molar refractivity (Wildman–Crippen MR) is 41.9 cm³/mol. The highest BCUT2D eigenvalue weighted by Gasteiger charge is 2.26. The molecule has 0 spiro atoms. The first kappa shape index (κ1) is 7.88. The second-order valence-corrected chi connectivity index (χ2v) is 3.81. The Morgan fingerprint density at radius 3 is 2.90 bits per heavy atom. The predicted octanol–water partition coefficient (Wildman–Crippen LogP) is -0.420. The lowest BCUT2D eigenvalue weighted by atomic mass is 10.2. The summed E-state index contributed by atoms with van der Waals surface area (Å²) in [6.45, 7) is 2.76. The Hall–Kier alpha value is -0.220. The minimum Gasteiger partial charge on any atom is -0.368 e. The van der Waals surface area contributed by atoms with Crippen LogP contribution in [0.3, 0.4) is 0 Å². The lowest BCUT2D eigenvalue weighted by Crippen LogP contribution is -2.46. The number of rotatable bonds is 1. The zero-order chi connectivity index (χ0) is 7.56. The minimum absolute atomic E-state index is 0.251. The molecule has 4 heteroatoms. The molecule has 2 N–H and O–H groups in total. The number of carbonyl (C=O) groups is 1. The fraction of sp³-hybridized carbons (Fsp3) is 0.833. The summed E-state index contributed by atoms with van der Waals surface area (Å²) in [4.78, 5) is 10.7. The fourth-order valence-electron chi connectivity index (χ4n) is 0.991. The molecule has 0 aromatic rings. The number of nitrogens with two attached hydrogens (primary N) is 1. The molecule has 1 amide bonds. The maximum Gasteiger partial charge on any atom is 0.237 e. The molecule has 10 heavy (non-hydrogen) atoms. The molecule has 57 valence electrons. The van der Waals surface area contributed by atoms with Crippen LogP contribution in [0.1, 0.15) is 6.92 Å². The number of nitrogens with zero attached hydrogens (tertiary/aromatic N) is 1. The van der Waals surface area contributed by atoms with Gasteiger partial charge in [0, 0.05) is 17.5 Å². The average molecular weight is 159 g/mol. The first-order valence-electron chi connectivity index (χ1n) is 3.29. The SMILES string of the molecule is CC1SCC[N]C1C(N)=O. The Morgan fingerprint density at radius 1 is 1.80 bits per heavy atom. The van der Waals surface area contributed by atoms with Crippen LogP contribution in [0, 0.1) is 0 Å². The third-order valence-electron chi connectivity index (χ3n) is 1.53. The van der Waals surface area contributed by atoms with Crippen LogP contribution < -0.4 is 11.1 Å². The number of primary amides is 1. The molecule has 0 saturated carbocycles. The Kier molecular flexibility index (Phi) is 2.56. The Labute approximate surface area is 64.7 Å². The van der Waals surface area contributed by atoms with Crippen molar-refractivity contribution in [2.45, 2.75) is 18.2 Å². The largest absolute Gasteiger partial charge is 0.368 e. The third kappa shape index (κ3) is 1.64. The molecule has 1 fully saturated rings. The molecular weight excluding hydrogens is 148 g/mol. The van der Waals surface area contributed by atoms with Gasteiger partial charge in [0.15, 0.2) is 0 Å². The average Bonchev–Trinajstić information content (AvgIpc) is 1.88. The first-order chi connectivity index (χ1) is 4.72. The smallest absolute Gasteiger partial charge is 0.237 e. The van der Waals surface area contributed by atoms with E-state index in [1.165, 1.54) is 0 Å². The second kappa shape index (κ2) is 3.25. The van der Waals surface area contributed by atoms with Crippen LogP contribution in [-0.2, 0) is 4.79 Å². The van der Waals surface area contributed by atoms with E-state index in [4.69, 9.17) is 5.73 Å². The van der Waals surface area contributed by atoms with Crippen molar-refractivity contribution in [3.8, 4) is 0 Å². The van der Waals surface area contributed by atoms with Crippen LogP contribution >= 0.6 is 11.8 Å². The molecule has 0 aliphatic carbocycles. The molecule has 1 radical (unpaired) electrons. The summed E-state index contributed by atoms with van der Waals surface area (Å²) in [6.07, 6.45) is 0. The van der Waals surface area contributed by atoms with E-state index in [0.717, 1.165) is 12.3 Å². The van der Waals surface area contributed by atoms with Crippen LogP contribution in [0.5, 0.6) is 0 Å². The first-order valence-corrected chi connectivity index (χ1v) is 4.34. The number of hydrogen-bond donors (Lipinski definition) is 1. The third-order valence-corrected chi connectivity index (χ3v) is 2.74. The summed E-state index contributed by atoms with van der Waals surface area (Å²) < 4.78 is 0. The second-order valence-electron chi connectivity index (χ2n) is 2.33. The van der Waals surface area contributed by atoms with Gasteiger partial charge in [0.2, 0.25) is 5.91 Å². The van der Waals surface area contributed by atoms with Crippen LogP contribution in [0.25, 0.3) is 0 Å². The number of carbonyl (C=O) groups excluding carboxylic acids is 1. The van der Waals surface area contributed by atoms with Crippen molar-refractivity contribution < 1.29 is 4.79 Å². The normalized spacial score (nSPS) is 33.7. The molecule has 1 rings (SSSR count). The zero-order valence-electron chi connectivity index (χ0n) is 5.91. The summed E-state index contributed by atoms with van der Waals surface area (Å²) in [7, 11) is 0. The highest BCUT2D eigenvalue weighted by atomic mass is 32.2. The van der Waals surface area contributed by atoms with E-state index in [0.29, 0.717) is 0 Å². The van der Waals surface area contributed by atoms with Crippen molar-refractivity contribution in [2.75, 3.05) is 12.3 Å². The van der Waals surface area contributed by atoms with E-state index in [2.05, 4.69) is 5.32 Å². The quantitative estimate of drug-likeness (QED) is 0.565. The molecule has 0 bridgehead atoms. The van der Waals surface area contributed by atoms with Gasteiger partial charge < -0.3 is 5.73 Å². The van der Waals surface area contributed by atoms with Crippen LogP contribution in [0.15, 0.2) is 0 Å². The molecule has 1 aliphatic heterocycles. The molecule has 1 heterocycles. The van der Waals surface area contributed by atoms with Crippen molar-refractivity contribution in [1.29, 1.82) is 0 Å². The van der Waals surface area contributed by atoms with Crippen LogP contribution in [0.2, 0.25) is 0 Å². The van der Waals surface area contributed by atoms with Crippen molar-refractivity contribution in [1.82, 2.24) is 5.32 Å². The highest BCUT2D eigenvalue weighted by molar-refractivity contribution is 8.00. The van der Waals surface area contributed by atoms with Crippen LogP contribution in [0.4, 0.5) is 0 Å². The topological polar surface area (TPSA) is 57.2 Å². The highest BCUT2D eigenvalue weighted by Crippen LogP contribution is 2.18. The van der Waals surface area contributed by atoms with Crippen molar-refractivity contribution >= 4 is 17.7 Å². The van der Waals surface area contributed by atoms with Gasteiger partial charge in [-0.15, -0.1) is 0 Å². The van der Waals surface area contributed by atoms with Gasteiger partial charge in [-0.05, 0) is 0 Å². The van der Waals surface area contributed by atoms with Crippen molar-refractivity contribution in [2.24, 2.45) is 5.73 Å². The van der Waals surface area contributed by atoms with E-state index in [9.17, 15) is 4.79 Å². The van der Waals surface area contributed by atoms with E-state index >= 15 is 0 Å². The summed E-state index contributed by atoms with van der Waals surface area (Å²) in [5.41, 5.74) is 5.11. The van der Waals surface area contributed by atoms with Gasteiger partial charge in [-0.2, -0.15) is 11.8 Å². The molecule has 0 aromatic carbocycles. The summed E-state index contributed by atoms with van der Waals surface area (Å²) >= 11 is 1.76. The lowest BCUT2D eigenvalue weighted by molar-refractivity contribution is -0.120. The Morgan fingerprint density at radius 2 is 2.50 bits per heavy atom. The standard InChI is InChI=1S/C6H11N2OS/c1-4-5(6(7)9)8-2-3-10-4/h4-5H,2-3H2,1H3,(H2,7,9). The molecule has 3 nitrogen and oxygen atoms in total. The van der Waals surface area contributed by atoms with Crippen molar-refractivity contribution in [3.63, 3.8) is 0 Å². The molecule has 2 atom stereocenters. The van der Waals surface area contributed by atoms with Gasteiger partial charge in [-0.25, -0.2) is 5.32 Å². The lowest BCUT2D eigenvalue weighted by Gasteiger charge is -2.24. The monoisotopic (exact) mass is 159 g/mol.